The summed E-state index contributed by atoms with van der Waals surface area (Å²) in [6.45, 7) is 7.58. The fraction of sp³-hybridized carbons (Fsp3) is 0.600. The molecule has 0 radical (unpaired) electrons. The molecule has 2 heteroatoms. The molecule has 1 aliphatic heterocycles. The topological polar surface area (TPSA) is 21.3 Å². The Hall–Kier alpha value is -1.02. The van der Waals surface area contributed by atoms with Gasteiger partial charge < -0.3 is 10.1 Å². The van der Waals surface area contributed by atoms with Crippen molar-refractivity contribution in [2.24, 2.45) is 5.92 Å². The Bertz CT molecular complexity index is 349. The second-order valence-electron chi connectivity index (χ2n) is 5.26. The molecule has 2 nitrogen and oxygen atoms in total. The molecule has 1 aromatic carbocycles. The van der Waals surface area contributed by atoms with Gasteiger partial charge in [-0.05, 0) is 49.4 Å². The molecule has 94 valence electrons. The Morgan fingerprint density at radius 3 is 3.00 bits per heavy atom. The number of para-hydroxylation sites is 1. The van der Waals surface area contributed by atoms with Gasteiger partial charge in [-0.1, -0.05) is 32.0 Å². The smallest absolute Gasteiger partial charge is 0.122 e. The van der Waals surface area contributed by atoms with Crippen LogP contribution in [-0.4, -0.2) is 19.7 Å². The normalized spacial score (nSPS) is 18.9. The zero-order chi connectivity index (χ0) is 12.1. The molecular weight excluding hydrogens is 210 g/mol. The summed E-state index contributed by atoms with van der Waals surface area (Å²) in [5, 5.41) is 3.52. The number of ether oxygens (including phenoxy) is 1. The molecule has 0 amide bonds. The summed E-state index contributed by atoms with van der Waals surface area (Å²) in [5.74, 6) is 2.49. The molecule has 0 saturated heterocycles. The Morgan fingerprint density at radius 2 is 2.18 bits per heavy atom. The number of hydrogen-bond acceptors (Lipinski definition) is 2. The van der Waals surface area contributed by atoms with E-state index in [4.69, 9.17) is 4.74 Å². The highest BCUT2D eigenvalue weighted by Crippen LogP contribution is 2.34. The molecule has 1 unspecified atom stereocenters. The van der Waals surface area contributed by atoms with Gasteiger partial charge in [-0.15, -0.1) is 0 Å². The third kappa shape index (κ3) is 3.47. The quantitative estimate of drug-likeness (QED) is 0.789. The molecule has 0 aliphatic carbocycles. The molecule has 1 N–H and O–H groups in total. The van der Waals surface area contributed by atoms with Crippen LogP contribution in [0, 0.1) is 5.92 Å². The lowest BCUT2D eigenvalue weighted by molar-refractivity contribution is 0.262. The maximum Gasteiger partial charge on any atom is 0.122 e. The molecule has 17 heavy (non-hydrogen) atoms. The van der Waals surface area contributed by atoms with E-state index < -0.39 is 0 Å². The minimum Gasteiger partial charge on any atom is -0.493 e. The largest absolute Gasteiger partial charge is 0.493 e. The van der Waals surface area contributed by atoms with E-state index in [2.05, 4.69) is 43.4 Å². The minimum atomic E-state index is 0.666. The molecule has 0 spiro atoms. The predicted octanol–water partition coefficient (Wildman–Crippen LogP) is 3.19. The first-order valence-corrected chi connectivity index (χ1v) is 6.70. The van der Waals surface area contributed by atoms with Crippen LogP contribution in [0.4, 0.5) is 0 Å². The fourth-order valence-corrected chi connectivity index (χ4v) is 2.38. The molecule has 1 atom stereocenters. The van der Waals surface area contributed by atoms with Crippen LogP contribution in [0.3, 0.4) is 0 Å². The lowest BCUT2D eigenvalue weighted by Gasteiger charge is -2.26. The van der Waals surface area contributed by atoms with Gasteiger partial charge in [-0.25, -0.2) is 0 Å². The van der Waals surface area contributed by atoms with Crippen molar-refractivity contribution in [3.05, 3.63) is 29.8 Å². The van der Waals surface area contributed by atoms with Gasteiger partial charge in [0, 0.05) is 0 Å². The number of hydrogen-bond donors (Lipinski definition) is 1. The molecule has 0 bridgehead atoms. The first-order valence-electron chi connectivity index (χ1n) is 6.70. The van der Waals surface area contributed by atoms with Crippen LogP contribution in [0.25, 0.3) is 0 Å². The highest BCUT2D eigenvalue weighted by molar-refractivity contribution is 5.37. The summed E-state index contributed by atoms with van der Waals surface area (Å²) in [6.07, 6.45) is 2.37. The zero-order valence-electron chi connectivity index (χ0n) is 10.9. The standard InChI is InChI=1S/C15H23NO/c1-12(2)11-16-9-7-13-8-10-17-15-6-4-3-5-14(13)15/h3-6,12-13,16H,7-11H2,1-2H3. The van der Waals surface area contributed by atoms with E-state index in [1.807, 2.05) is 0 Å². The number of rotatable bonds is 5. The highest BCUT2D eigenvalue weighted by atomic mass is 16.5. The van der Waals surface area contributed by atoms with E-state index in [1.165, 1.54) is 12.0 Å². The van der Waals surface area contributed by atoms with Gasteiger partial charge in [0.1, 0.15) is 5.75 Å². The van der Waals surface area contributed by atoms with Crippen molar-refractivity contribution in [3.63, 3.8) is 0 Å². The first-order chi connectivity index (χ1) is 8.27. The third-order valence-corrected chi connectivity index (χ3v) is 3.30. The van der Waals surface area contributed by atoms with Crippen molar-refractivity contribution in [3.8, 4) is 5.75 Å². The molecule has 2 rings (SSSR count). The molecule has 0 saturated carbocycles. The van der Waals surface area contributed by atoms with Gasteiger partial charge >= 0.3 is 0 Å². The van der Waals surface area contributed by atoms with Crippen molar-refractivity contribution >= 4 is 0 Å². The maximum atomic E-state index is 5.68. The van der Waals surface area contributed by atoms with Crippen molar-refractivity contribution in [2.45, 2.75) is 32.6 Å². The van der Waals surface area contributed by atoms with Crippen LogP contribution in [0.5, 0.6) is 5.75 Å². The van der Waals surface area contributed by atoms with Crippen LogP contribution in [-0.2, 0) is 0 Å². The van der Waals surface area contributed by atoms with Crippen molar-refractivity contribution < 1.29 is 4.74 Å². The highest BCUT2D eigenvalue weighted by Gasteiger charge is 2.20. The van der Waals surface area contributed by atoms with Crippen LogP contribution >= 0.6 is 0 Å². The van der Waals surface area contributed by atoms with Gasteiger partial charge in [-0.2, -0.15) is 0 Å². The summed E-state index contributed by atoms with van der Waals surface area (Å²) in [4.78, 5) is 0. The van der Waals surface area contributed by atoms with Gasteiger partial charge in [0.05, 0.1) is 6.61 Å². The van der Waals surface area contributed by atoms with Crippen molar-refractivity contribution in [2.75, 3.05) is 19.7 Å². The van der Waals surface area contributed by atoms with Gasteiger partial charge in [0.2, 0.25) is 0 Å². The van der Waals surface area contributed by atoms with Gasteiger partial charge in [0.25, 0.3) is 0 Å². The molecular formula is C15H23NO. The Kier molecular flexibility index (Phi) is 4.43. The Morgan fingerprint density at radius 1 is 1.35 bits per heavy atom. The summed E-state index contributed by atoms with van der Waals surface area (Å²) >= 11 is 0. The zero-order valence-corrected chi connectivity index (χ0v) is 10.9. The molecule has 1 heterocycles. The molecule has 1 aliphatic rings. The van der Waals surface area contributed by atoms with E-state index in [1.54, 1.807) is 0 Å². The van der Waals surface area contributed by atoms with Crippen LogP contribution in [0.15, 0.2) is 24.3 Å². The second kappa shape index (κ2) is 6.06. The summed E-state index contributed by atoms with van der Waals surface area (Å²) in [5.41, 5.74) is 1.39. The Balaban J connectivity index is 1.86. The van der Waals surface area contributed by atoms with Crippen LogP contribution < -0.4 is 10.1 Å². The summed E-state index contributed by atoms with van der Waals surface area (Å²) < 4.78 is 5.68. The summed E-state index contributed by atoms with van der Waals surface area (Å²) in [7, 11) is 0. The fourth-order valence-electron chi connectivity index (χ4n) is 2.38. The predicted molar refractivity (Wildman–Crippen MR) is 71.6 cm³/mol. The SMILES string of the molecule is CC(C)CNCCC1CCOc2ccccc21. The van der Waals surface area contributed by atoms with E-state index in [0.717, 1.165) is 37.8 Å². The lowest BCUT2D eigenvalue weighted by Crippen LogP contribution is -2.24. The Labute approximate surface area is 104 Å². The first kappa shape index (κ1) is 12.4. The van der Waals surface area contributed by atoms with E-state index in [-0.39, 0.29) is 0 Å². The maximum absolute atomic E-state index is 5.68. The summed E-state index contributed by atoms with van der Waals surface area (Å²) in [6, 6.07) is 8.46. The molecule has 0 fully saturated rings. The van der Waals surface area contributed by atoms with Gasteiger partial charge in [0.15, 0.2) is 0 Å². The van der Waals surface area contributed by atoms with E-state index in [9.17, 15) is 0 Å². The monoisotopic (exact) mass is 233 g/mol. The van der Waals surface area contributed by atoms with Gasteiger partial charge in [-0.3, -0.25) is 0 Å². The average molecular weight is 233 g/mol. The second-order valence-corrected chi connectivity index (χ2v) is 5.26. The lowest BCUT2D eigenvalue weighted by atomic mass is 9.90. The number of nitrogens with one attached hydrogen (secondary N) is 1. The third-order valence-electron chi connectivity index (χ3n) is 3.30. The minimum absolute atomic E-state index is 0.666. The molecule has 0 aromatic heterocycles. The molecule has 1 aromatic rings. The van der Waals surface area contributed by atoms with Crippen LogP contribution in [0.2, 0.25) is 0 Å². The number of fused-ring (bicyclic) bond motifs is 1. The average Bonchev–Trinajstić information content (AvgIpc) is 2.34. The number of benzene rings is 1. The van der Waals surface area contributed by atoms with Crippen LogP contribution in [0.1, 0.15) is 38.2 Å². The van der Waals surface area contributed by atoms with Crippen molar-refractivity contribution in [1.29, 1.82) is 0 Å². The van der Waals surface area contributed by atoms with E-state index in [0.29, 0.717) is 5.92 Å². The van der Waals surface area contributed by atoms with Crippen molar-refractivity contribution in [1.82, 2.24) is 5.32 Å². The van der Waals surface area contributed by atoms with E-state index >= 15 is 0 Å².